The molecule has 0 unspecified atom stereocenters. The number of nitrogens with one attached hydrogen (secondary N) is 1. The van der Waals surface area contributed by atoms with Crippen LogP contribution in [0.5, 0.6) is 0 Å². The van der Waals surface area contributed by atoms with Crippen LogP contribution in [0.15, 0.2) is 29.6 Å². The minimum absolute atomic E-state index is 0. The van der Waals surface area contributed by atoms with Crippen molar-refractivity contribution in [2.75, 3.05) is 26.2 Å². The Bertz CT molecular complexity index is 616. The lowest BCUT2D eigenvalue weighted by atomic mass is 10.0. The smallest absolute Gasteiger partial charge is 0.129 e. The summed E-state index contributed by atoms with van der Waals surface area (Å²) in [5.41, 5.74) is 0.480. The molecular formula is C15H16Cl3FN2S. The van der Waals surface area contributed by atoms with Gasteiger partial charge in [0.05, 0.1) is 16.1 Å². The molecule has 120 valence electrons. The van der Waals surface area contributed by atoms with Gasteiger partial charge in [0.25, 0.3) is 0 Å². The van der Waals surface area contributed by atoms with E-state index in [0.29, 0.717) is 15.6 Å². The molecule has 0 radical (unpaired) electrons. The van der Waals surface area contributed by atoms with Gasteiger partial charge >= 0.3 is 0 Å². The summed E-state index contributed by atoms with van der Waals surface area (Å²) in [4.78, 5) is 3.34. The van der Waals surface area contributed by atoms with E-state index in [1.807, 2.05) is 17.5 Å². The van der Waals surface area contributed by atoms with Gasteiger partial charge in [-0.25, -0.2) is 4.39 Å². The Hall–Kier alpha value is -0.360. The van der Waals surface area contributed by atoms with Crippen molar-refractivity contribution in [1.29, 1.82) is 0 Å². The fourth-order valence-electron chi connectivity index (χ4n) is 2.69. The minimum atomic E-state index is -0.304. The fourth-order valence-corrected chi connectivity index (χ4v) is 3.97. The van der Waals surface area contributed by atoms with Crippen molar-refractivity contribution in [3.8, 4) is 0 Å². The largest absolute Gasteiger partial charge is 0.314 e. The van der Waals surface area contributed by atoms with E-state index in [4.69, 9.17) is 23.2 Å². The first-order valence-corrected chi connectivity index (χ1v) is 8.43. The lowest BCUT2D eigenvalue weighted by Gasteiger charge is -2.35. The zero-order valence-electron chi connectivity index (χ0n) is 11.7. The van der Waals surface area contributed by atoms with E-state index in [9.17, 15) is 4.39 Å². The third kappa shape index (κ3) is 3.58. The fraction of sp³-hybridized carbons (Fsp3) is 0.333. The van der Waals surface area contributed by atoms with E-state index in [1.165, 1.54) is 12.1 Å². The van der Waals surface area contributed by atoms with E-state index < -0.39 is 0 Å². The van der Waals surface area contributed by atoms with Crippen LogP contribution in [-0.4, -0.2) is 31.1 Å². The summed E-state index contributed by atoms with van der Waals surface area (Å²) < 4.78 is 14.4. The predicted octanol–water partition coefficient (Wildman–Crippen LogP) is 4.61. The molecule has 1 saturated heterocycles. The number of benzene rings is 1. The average molecular weight is 382 g/mol. The molecule has 0 bridgehead atoms. The molecule has 0 amide bonds. The molecule has 2 aromatic rings. The van der Waals surface area contributed by atoms with Gasteiger partial charge in [0, 0.05) is 36.6 Å². The monoisotopic (exact) mass is 380 g/mol. The average Bonchev–Trinajstić information content (AvgIpc) is 3.02. The highest BCUT2D eigenvalue weighted by Crippen LogP contribution is 2.40. The van der Waals surface area contributed by atoms with Gasteiger partial charge in [-0.1, -0.05) is 29.3 Å². The molecule has 2 heterocycles. The predicted molar refractivity (Wildman–Crippen MR) is 94.3 cm³/mol. The van der Waals surface area contributed by atoms with Crippen molar-refractivity contribution in [2.45, 2.75) is 6.04 Å². The summed E-state index contributed by atoms with van der Waals surface area (Å²) >= 11 is 14.0. The molecule has 3 rings (SSSR count). The summed E-state index contributed by atoms with van der Waals surface area (Å²) in [6.07, 6.45) is 0. The van der Waals surface area contributed by atoms with Crippen molar-refractivity contribution in [3.05, 3.63) is 55.9 Å². The maximum atomic E-state index is 14.4. The van der Waals surface area contributed by atoms with Crippen LogP contribution in [0.4, 0.5) is 4.39 Å². The van der Waals surface area contributed by atoms with Crippen LogP contribution >= 0.6 is 46.9 Å². The summed E-state index contributed by atoms with van der Waals surface area (Å²) in [7, 11) is 0. The van der Waals surface area contributed by atoms with Gasteiger partial charge in [0.15, 0.2) is 0 Å². The number of hydrogen-bond acceptors (Lipinski definition) is 3. The molecule has 0 saturated carbocycles. The van der Waals surface area contributed by atoms with E-state index in [2.05, 4.69) is 10.2 Å². The molecule has 0 aliphatic carbocycles. The number of halogens is 4. The Kier molecular flexibility index (Phi) is 6.50. The van der Waals surface area contributed by atoms with Crippen LogP contribution in [0, 0.1) is 5.82 Å². The molecule has 1 aliphatic rings. The second kappa shape index (κ2) is 7.95. The number of piperazine rings is 1. The highest BCUT2D eigenvalue weighted by molar-refractivity contribution is 7.10. The highest BCUT2D eigenvalue weighted by Gasteiger charge is 2.29. The third-order valence-electron chi connectivity index (χ3n) is 3.68. The summed E-state index contributed by atoms with van der Waals surface area (Å²) in [5, 5.41) is 6.02. The van der Waals surface area contributed by atoms with E-state index in [-0.39, 0.29) is 24.3 Å². The first kappa shape index (κ1) is 18.0. The van der Waals surface area contributed by atoms with Crippen molar-refractivity contribution in [2.24, 2.45) is 0 Å². The number of rotatable bonds is 3. The molecule has 7 heteroatoms. The molecule has 1 fully saturated rings. The molecular weight excluding hydrogens is 366 g/mol. The lowest BCUT2D eigenvalue weighted by Crippen LogP contribution is -2.45. The second-order valence-corrected chi connectivity index (χ2v) is 6.73. The summed E-state index contributed by atoms with van der Waals surface area (Å²) in [5.74, 6) is -0.304. The van der Waals surface area contributed by atoms with Crippen molar-refractivity contribution >= 4 is 46.9 Å². The maximum Gasteiger partial charge on any atom is 0.129 e. The van der Waals surface area contributed by atoms with Crippen LogP contribution in [-0.2, 0) is 0 Å². The number of hydrogen-bond donors (Lipinski definition) is 1. The zero-order chi connectivity index (χ0) is 14.8. The van der Waals surface area contributed by atoms with Gasteiger partial charge in [-0.05, 0) is 23.6 Å². The molecule has 2 nitrogen and oxygen atoms in total. The van der Waals surface area contributed by atoms with Gasteiger partial charge < -0.3 is 5.32 Å². The van der Waals surface area contributed by atoms with Gasteiger partial charge in [-0.2, -0.15) is 0 Å². The molecule has 1 atom stereocenters. The van der Waals surface area contributed by atoms with Crippen molar-refractivity contribution in [3.63, 3.8) is 0 Å². The highest BCUT2D eigenvalue weighted by atomic mass is 35.5. The van der Waals surface area contributed by atoms with Gasteiger partial charge in [0.1, 0.15) is 5.82 Å². The first-order chi connectivity index (χ1) is 10.2. The molecule has 0 spiro atoms. The molecule has 1 aromatic heterocycles. The Morgan fingerprint density at radius 2 is 1.91 bits per heavy atom. The van der Waals surface area contributed by atoms with Gasteiger partial charge in [-0.3, -0.25) is 4.90 Å². The third-order valence-corrected chi connectivity index (χ3v) is 5.43. The Balaban J connectivity index is 0.00000176. The van der Waals surface area contributed by atoms with Gasteiger partial charge in [0.2, 0.25) is 0 Å². The molecule has 22 heavy (non-hydrogen) atoms. The lowest BCUT2D eigenvalue weighted by molar-refractivity contribution is 0.197. The van der Waals surface area contributed by atoms with Crippen molar-refractivity contribution < 1.29 is 4.39 Å². The van der Waals surface area contributed by atoms with Crippen LogP contribution in [0.3, 0.4) is 0 Å². The van der Waals surface area contributed by atoms with Crippen molar-refractivity contribution in [1.82, 2.24) is 10.2 Å². The Morgan fingerprint density at radius 3 is 2.55 bits per heavy atom. The SMILES string of the molecule is Cl.Fc1ccc(Cl)c(Cl)c1[C@H](c1cccs1)N1CCNCC1. The first-order valence-electron chi connectivity index (χ1n) is 6.80. The summed E-state index contributed by atoms with van der Waals surface area (Å²) in [6, 6.07) is 6.72. The normalized spacial score (nSPS) is 17.0. The standard InChI is InChI=1S/C15H15Cl2FN2S.ClH/c16-10-3-4-11(18)13(14(10)17)15(12-2-1-9-21-12)20-7-5-19-6-8-20;/h1-4,9,15,19H,5-8H2;1H/t15-;/m0./s1. The van der Waals surface area contributed by atoms with Crippen LogP contribution < -0.4 is 5.32 Å². The molecule has 1 N–H and O–H groups in total. The Morgan fingerprint density at radius 1 is 1.18 bits per heavy atom. The minimum Gasteiger partial charge on any atom is -0.314 e. The van der Waals surface area contributed by atoms with E-state index in [1.54, 1.807) is 11.3 Å². The maximum absolute atomic E-state index is 14.4. The topological polar surface area (TPSA) is 15.3 Å². The van der Waals surface area contributed by atoms with Crippen LogP contribution in [0.1, 0.15) is 16.5 Å². The summed E-state index contributed by atoms with van der Waals surface area (Å²) in [6.45, 7) is 3.49. The molecule has 1 aliphatic heterocycles. The van der Waals surface area contributed by atoms with E-state index in [0.717, 1.165) is 31.1 Å². The zero-order valence-corrected chi connectivity index (χ0v) is 14.8. The van der Waals surface area contributed by atoms with Crippen LogP contribution in [0.2, 0.25) is 10.0 Å². The second-order valence-electron chi connectivity index (χ2n) is 4.96. The Labute approximate surface area is 149 Å². The number of thiophene rings is 1. The van der Waals surface area contributed by atoms with Crippen LogP contribution in [0.25, 0.3) is 0 Å². The number of nitrogens with zero attached hydrogens (tertiary/aromatic N) is 1. The van der Waals surface area contributed by atoms with E-state index >= 15 is 0 Å². The van der Waals surface area contributed by atoms with Gasteiger partial charge in [-0.15, -0.1) is 23.7 Å². The quantitative estimate of drug-likeness (QED) is 0.781. The molecule has 1 aromatic carbocycles.